The number of nitrogens with zero attached hydrogens (tertiary/aromatic N) is 1. The third kappa shape index (κ3) is 3.72. The van der Waals surface area contributed by atoms with E-state index in [1.807, 2.05) is 0 Å². The summed E-state index contributed by atoms with van der Waals surface area (Å²) < 4.78 is 11.4. The van der Waals surface area contributed by atoms with Crippen molar-refractivity contribution < 1.29 is 9.47 Å². The van der Waals surface area contributed by atoms with E-state index in [2.05, 4.69) is 11.8 Å². The molecule has 2 rings (SSSR count). The summed E-state index contributed by atoms with van der Waals surface area (Å²) in [5.41, 5.74) is 0. The van der Waals surface area contributed by atoms with Gasteiger partial charge in [0.2, 0.25) is 0 Å². The zero-order valence-corrected chi connectivity index (χ0v) is 10.2. The summed E-state index contributed by atoms with van der Waals surface area (Å²) in [5.74, 6) is 0. The van der Waals surface area contributed by atoms with Crippen molar-refractivity contribution in [2.45, 2.75) is 44.3 Å². The Labute approximate surface area is 99.1 Å². The highest BCUT2D eigenvalue weighted by Crippen LogP contribution is 2.17. The molecular formula is C13H24NO2. The molecule has 2 unspecified atom stereocenters. The number of hydrogen-bond acceptors (Lipinski definition) is 3. The van der Waals surface area contributed by atoms with Crippen LogP contribution in [0.3, 0.4) is 0 Å². The van der Waals surface area contributed by atoms with E-state index in [0.717, 1.165) is 39.3 Å². The molecule has 2 atom stereocenters. The van der Waals surface area contributed by atoms with E-state index in [0.29, 0.717) is 12.2 Å². The quantitative estimate of drug-likeness (QED) is 0.690. The van der Waals surface area contributed by atoms with Crippen LogP contribution in [0.4, 0.5) is 0 Å². The van der Waals surface area contributed by atoms with Gasteiger partial charge in [-0.05, 0) is 38.6 Å². The first-order chi connectivity index (χ1) is 7.88. The van der Waals surface area contributed by atoms with Crippen LogP contribution in [0.15, 0.2) is 0 Å². The fourth-order valence-electron chi connectivity index (χ4n) is 2.63. The zero-order chi connectivity index (χ0) is 11.2. The first kappa shape index (κ1) is 12.3. The summed E-state index contributed by atoms with van der Waals surface area (Å²) in [6, 6.07) is 0. The van der Waals surface area contributed by atoms with E-state index >= 15 is 0 Å². The molecule has 2 heterocycles. The number of rotatable bonds is 6. The molecule has 93 valence electrons. The van der Waals surface area contributed by atoms with Crippen LogP contribution in [0.25, 0.3) is 0 Å². The molecule has 0 aromatic heterocycles. The van der Waals surface area contributed by atoms with E-state index < -0.39 is 0 Å². The maximum Gasteiger partial charge on any atom is 0.0702 e. The van der Waals surface area contributed by atoms with Crippen LogP contribution in [0, 0.1) is 6.92 Å². The van der Waals surface area contributed by atoms with Gasteiger partial charge in [-0.3, -0.25) is 4.90 Å². The third-order valence-corrected chi connectivity index (χ3v) is 3.45. The average molecular weight is 226 g/mol. The van der Waals surface area contributed by atoms with Crippen LogP contribution >= 0.6 is 0 Å². The molecule has 0 aromatic rings. The van der Waals surface area contributed by atoms with Gasteiger partial charge in [0.05, 0.1) is 12.2 Å². The van der Waals surface area contributed by atoms with Crippen molar-refractivity contribution in [1.82, 2.24) is 4.90 Å². The second-order valence-electron chi connectivity index (χ2n) is 4.88. The lowest BCUT2D eigenvalue weighted by Gasteiger charge is -2.27. The highest BCUT2D eigenvalue weighted by Gasteiger charge is 2.23. The van der Waals surface area contributed by atoms with E-state index in [1.165, 1.54) is 25.7 Å². The fraction of sp³-hybridized carbons (Fsp3) is 0.923. The van der Waals surface area contributed by atoms with Gasteiger partial charge >= 0.3 is 0 Å². The predicted octanol–water partition coefficient (Wildman–Crippen LogP) is 1.87. The molecule has 1 radical (unpaired) electrons. The van der Waals surface area contributed by atoms with Gasteiger partial charge in [-0.2, -0.15) is 0 Å². The van der Waals surface area contributed by atoms with Gasteiger partial charge in [-0.25, -0.2) is 0 Å². The second-order valence-corrected chi connectivity index (χ2v) is 4.88. The van der Waals surface area contributed by atoms with Gasteiger partial charge in [-0.15, -0.1) is 0 Å². The third-order valence-electron chi connectivity index (χ3n) is 3.45. The van der Waals surface area contributed by atoms with Crippen molar-refractivity contribution in [3.05, 3.63) is 6.92 Å². The van der Waals surface area contributed by atoms with Gasteiger partial charge in [-0.1, -0.05) is 6.92 Å². The fourth-order valence-corrected chi connectivity index (χ4v) is 2.63. The molecule has 0 spiro atoms. The van der Waals surface area contributed by atoms with E-state index in [9.17, 15) is 0 Å². The molecule has 0 aliphatic carbocycles. The van der Waals surface area contributed by atoms with Crippen LogP contribution in [-0.4, -0.2) is 50.0 Å². The largest absolute Gasteiger partial charge is 0.377 e. The molecule has 0 N–H and O–H groups in total. The van der Waals surface area contributed by atoms with Crippen LogP contribution in [0.5, 0.6) is 0 Å². The second kappa shape index (κ2) is 6.58. The van der Waals surface area contributed by atoms with E-state index in [-0.39, 0.29) is 0 Å². The molecule has 0 saturated carbocycles. The SMILES string of the molecule is [CH2]CCN(CC1CCCO1)CC1CCCO1. The molecule has 2 aliphatic rings. The van der Waals surface area contributed by atoms with Crippen LogP contribution < -0.4 is 0 Å². The van der Waals surface area contributed by atoms with Crippen LogP contribution in [0.1, 0.15) is 32.1 Å². The smallest absolute Gasteiger partial charge is 0.0702 e. The Hall–Kier alpha value is -0.120. The number of hydrogen-bond donors (Lipinski definition) is 0. The summed E-state index contributed by atoms with van der Waals surface area (Å²) in [4.78, 5) is 2.47. The molecular weight excluding hydrogens is 202 g/mol. The molecule has 0 bridgehead atoms. The first-order valence-electron chi connectivity index (χ1n) is 6.63. The van der Waals surface area contributed by atoms with Crippen molar-refractivity contribution in [1.29, 1.82) is 0 Å². The highest BCUT2D eigenvalue weighted by atomic mass is 16.5. The van der Waals surface area contributed by atoms with Gasteiger partial charge in [0, 0.05) is 26.3 Å². The predicted molar refractivity (Wildman–Crippen MR) is 64.4 cm³/mol. The van der Waals surface area contributed by atoms with Crippen LogP contribution in [-0.2, 0) is 9.47 Å². The topological polar surface area (TPSA) is 21.7 Å². The Morgan fingerprint density at radius 2 is 1.56 bits per heavy atom. The molecule has 16 heavy (non-hydrogen) atoms. The Kier molecular flexibility index (Phi) is 5.07. The lowest BCUT2D eigenvalue weighted by molar-refractivity contribution is 0.0382. The Morgan fingerprint density at radius 1 is 1.00 bits per heavy atom. The van der Waals surface area contributed by atoms with Crippen molar-refractivity contribution in [2.24, 2.45) is 0 Å². The molecule has 2 aliphatic heterocycles. The maximum atomic E-state index is 5.69. The minimum atomic E-state index is 0.452. The standard InChI is InChI=1S/C13H24NO2/c1-2-7-14(10-12-5-3-8-15-12)11-13-6-4-9-16-13/h12-13H,1-11H2. The van der Waals surface area contributed by atoms with Crippen molar-refractivity contribution >= 4 is 0 Å². The summed E-state index contributed by atoms with van der Waals surface area (Å²) in [6.07, 6.45) is 6.77. The molecule has 0 amide bonds. The maximum absolute atomic E-state index is 5.69. The monoisotopic (exact) mass is 226 g/mol. The normalized spacial score (nSPS) is 30.4. The number of ether oxygens (including phenoxy) is 2. The van der Waals surface area contributed by atoms with E-state index in [1.54, 1.807) is 0 Å². The lowest BCUT2D eigenvalue weighted by atomic mass is 10.2. The van der Waals surface area contributed by atoms with E-state index in [4.69, 9.17) is 9.47 Å². The van der Waals surface area contributed by atoms with Crippen LogP contribution in [0.2, 0.25) is 0 Å². The highest BCUT2D eigenvalue weighted by molar-refractivity contribution is 4.75. The molecule has 3 nitrogen and oxygen atoms in total. The van der Waals surface area contributed by atoms with Crippen molar-refractivity contribution in [3.8, 4) is 0 Å². The Bertz CT molecular complexity index is 168. The first-order valence-corrected chi connectivity index (χ1v) is 6.63. The minimum absolute atomic E-state index is 0.452. The molecule has 0 aromatic carbocycles. The van der Waals surface area contributed by atoms with Gasteiger partial charge in [0.25, 0.3) is 0 Å². The van der Waals surface area contributed by atoms with Gasteiger partial charge < -0.3 is 9.47 Å². The summed E-state index contributed by atoms with van der Waals surface area (Å²) >= 11 is 0. The van der Waals surface area contributed by atoms with Gasteiger partial charge in [0.1, 0.15) is 0 Å². The van der Waals surface area contributed by atoms with Gasteiger partial charge in [0.15, 0.2) is 0 Å². The van der Waals surface area contributed by atoms with Crippen molar-refractivity contribution in [3.63, 3.8) is 0 Å². The molecule has 2 saturated heterocycles. The Balaban J connectivity index is 1.73. The molecule has 2 fully saturated rings. The lowest BCUT2D eigenvalue weighted by Crippen LogP contribution is -2.38. The Morgan fingerprint density at radius 3 is 1.94 bits per heavy atom. The summed E-state index contributed by atoms with van der Waals surface area (Å²) in [7, 11) is 0. The summed E-state index contributed by atoms with van der Waals surface area (Å²) in [5, 5.41) is 0. The van der Waals surface area contributed by atoms with Crippen molar-refractivity contribution in [2.75, 3.05) is 32.8 Å². The minimum Gasteiger partial charge on any atom is -0.377 e. The average Bonchev–Trinajstić information content (AvgIpc) is 2.91. The summed E-state index contributed by atoms with van der Waals surface area (Å²) in [6.45, 7) is 9.04. The molecule has 3 heteroatoms. The zero-order valence-electron chi connectivity index (χ0n) is 10.2.